The van der Waals surface area contributed by atoms with Crippen molar-refractivity contribution in [2.45, 2.75) is 31.9 Å². The molecular formula is C20H18BrF3N2O4. The van der Waals surface area contributed by atoms with Gasteiger partial charge in [-0.2, -0.15) is 23.3 Å². The van der Waals surface area contributed by atoms with Gasteiger partial charge in [-0.05, 0) is 49.4 Å². The smallest absolute Gasteiger partial charge is 0.438 e. The van der Waals surface area contributed by atoms with E-state index in [4.69, 9.17) is 9.47 Å². The van der Waals surface area contributed by atoms with E-state index in [1.807, 2.05) is 0 Å². The van der Waals surface area contributed by atoms with Gasteiger partial charge in [0.05, 0.1) is 7.11 Å². The summed E-state index contributed by atoms with van der Waals surface area (Å²) in [5.41, 5.74) is -3.04. The van der Waals surface area contributed by atoms with Crippen LogP contribution in [0, 0.1) is 0 Å². The number of hydrazone groups is 1. The average Bonchev–Trinajstić information content (AvgIpc) is 3.02. The maximum absolute atomic E-state index is 13.4. The summed E-state index contributed by atoms with van der Waals surface area (Å²) in [6.45, 7) is 1.33. The normalized spacial score (nSPS) is 18.9. The zero-order valence-corrected chi connectivity index (χ0v) is 17.6. The van der Waals surface area contributed by atoms with Crippen LogP contribution in [-0.4, -0.2) is 40.7 Å². The van der Waals surface area contributed by atoms with E-state index < -0.39 is 24.2 Å². The Hall–Kier alpha value is -2.59. The minimum absolute atomic E-state index is 0.00418. The molecule has 1 amide bonds. The van der Waals surface area contributed by atoms with Gasteiger partial charge in [-0.15, -0.1) is 0 Å². The number of benzene rings is 2. The number of hydrogen-bond donors (Lipinski definition) is 1. The van der Waals surface area contributed by atoms with Gasteiger partial charge in [0.25, 0.3) is 11.6 Å². The summed E-state index contributed by atoms with van der Waals surface area (Å²) < 4.78 is 52.1. The molecule has 30 heavy (non-hydrogen) atoms. The van der Waals surface area contributed by atoms with Crippen LogP contribution in [0.5, 0.6) is 11.5 Å². The van der Waals surface area contributed by atoms with E-state index in [1.54, 1.807) is 24.3 Å². The topological polar surface area (TPSA) is 71.4 Å². The maximum Gasteiger partial charge on any atom is 0.438 e. The molecule has 0 spiro atoms. The zero-order valence-electron chi connectivity index (χ0n) is 16.0. The standard InChI is InChI=1S/C20H18BrF3N2O4/c1-12-10-19(28,20(22,23)24)26(25-12)18(27)13-3-8-17(29-2)14(9-13)11-30-16-6-4-15(21)5-7-16/h3-9,28H,10-11H2,1-2H3/t19-/m0/s1. The highest BCUT2D eigenvalue weighted by atomic mass is 79.9. The molecule has 1 aliphatic heterocycles. The molecule has 1 aliphatic rings. The maximum atomic E-state index is 13.4. The van der Waals surface area contributed by atoms with E-state index in [-0.39, 0.29) is 22.9 Å². The van der Waals surface area contributed by atoms with Crippen LogP contribution in [0.2, 0.25) is 0 Å². The Morgan fingerprint density at radius 1 is 1.27 bits per heavy atom. The van der Waals surface area contributed by atoms with Crippen molar-refractivity contribution in [3.05, 3.63) is 58.1 Å². The number of rotatable bonds is 5. The minimum Gasteiger partial charge on any atom is -0.496 e. The van der Waals surface area contributed by atoms with Gasteiger partial charge in [0.2, 0.25) is 0 Å². The molecule has 6 nitrogen and oxygen atoms in total. The highest BCUT2D eigenvalue weighted by molar-refractivity contribution is 9.10. The Bertz CT molecular complexity index is 979. The Balaban J connectivity index is 1.88. The van der Waals surface area contributed by atoms with Crippen molar-refractivity contribution >= 4 is 27.5 Å². The molecule has 10 heteroatoms. The summed E-state index contributed by atoms with van der Waals surface area (Å²) >= 11 is 3.32. The fourth-order valence-electron chi connectivity index (χ4n) is 2.99. The predicted molar refractivity (Wildman–Crippen MR) is 106 cm³/mol. The van der Waals surface area contributed by atoms with Gasteiger partial charge >= 0.3 is 6.18 Å². The molecule has 0 saturated heterocycles. The SMILES string of the molecule is COc1ccc(C(=O)N2N=C(C)C[C@]2(O)C(F)(F)F)cc1COc1ccc(Br)cc1. The number of hydrogen-bond acceptors (Lipinski definition) is 5. The summed E-state index contributed by atoms with van der Waals surface area (Å²) in [7, 11) is 1.43. The van der Waals surface area contributed by atoms with Crippen molar-refractivity contribution in [3.8, 4) is 11.5 Å². The molecule has 0 aromatic heterocycles. The van der Waals surface area contributed by atoms with Gasteiger partial charge in [-0.25, -0.2) is 0 Å². The van der Waals surface area contributed by atoms with Gasteiger partial charge in [-0.3, -0.25) is 4.79 Å². The van der Waals surface area contributed by atoms with E-state index in [0.29, 0.717) is 17.1 Å². The van der Waals surface area contributed by atoms with Crippen molar-refractivity contribution in [2.24, 2.45) is 5.10 Å². The van der Waals surface area contributed by atoms with Crippen LogP contribution in [0.4, 0.5) is 13.2 Å². The van der Waals surface area contributed by atoms with Crippen LogP contribution in [0.3, 0.4) is 0 Å². The molecule has 3 rings (SSSR count). The predicted octanol–water partition coefficient (Wildman–Crippen LogP) is 4.51. The number of amides is 1. The Labute approximate surface area is 179 Å². The quantitative estimate of drug-likeness (QED) is 0.674. The molecular weight excluding hydrogens is 469 g/mol. The lowest BCUT2D eigenvalue weighted by atomic mass is 10.0. The minimum atomic E-state index is -5.07. The number of alkyl halides is 3. The number of halogens is 4. The van der Waals surface area contributed by atoms with Crippen LogP contribution >= 0.6 is 15.9 Å². The second-order valence-electron chi connectivity index (χ2n) is 6.71. The largest absolute Gasteiger partial charge is 0.496 e. The molecule has 0 bridgehead atoms. The molecule has 0 fully saturated rings. The summed E-state index contributed by atoms with van der Waals surface area (Å²) in [4.78, 5) is 12.8. The second kappa shape index (κ2) is 8.27. The number of nitrogens with zero attached hydrogens (tertiary/aromatic N) is 2. The monoisotopic (exact) mass is 486 g/mol. The van der Waals surface area contributed by atoms with Crippen molar-refractivity contribution in [3.63, 3.8) is 0 Å². The third-order valence-electron chi connectivity index (χ3n) is 4.51. The number of methoxy groups -OCH3 is 1. The second-order valence-corrected chi connectivity index (χ2v) is 7.63. The lowest BCUT2D eigenvalue weighted by Gasteiger charge is -2.32. The van der Waals surface area contributed by atoms with Gasteiger partial charge in [0.1, 0.15) is 18.1 Å². The highest BCUT2D eigenvalue weighted by Gasteiger charge is 2.62. The molecule has 1 atom stereocenters. The van der Waals surface area contributed by atoms with E-state index in [1.165, 1.54) is 32.2 Å². The van der Waals surface area contributed by atoms with Gasteiger partial charge in [0.15, 0.2) is 0 Å². The fraction of sp³-hybridized carbons (Fsp3) is 0.300. The summed E-state index contributed by atoms with van der Waals surface area (Å²) in [6, 6.07) is 11.2. The van der Waals surface area contributed by atoms with Crippen LogP contribution < -0.4 is 9.47 Å². The highest BCUT2D eigenvalue weighted by Crippen LogP contribution is 2.41. The molecule has 2 aromatic carbocycles. The zero-order chi connectivity index (χ0) is 22.1. The Morgan fingerprint density at radius 3 is 2.53 bits per heavy atom. The average molecular weight is 487 g/mol. The number of ether oxygens (including phenoxy) is 2. The van der Waals surface area contributed by atoms with Crippen molar-refractivity contribution in [2.75, 3.05) is 7.11 Å². The molecule has 0 radical (unpaired) electrons. The third kappa shape index (κ3) is 4.29. The van der Waals surface area contributed by atoms with Gasteiger partial charge < -0.3 is 14.6 Å². The lowest BCUT2D eigenvalue weighted by Crippen LogP contribution is -2.56. The summed E-state index contributed by atoms with van der Waals surface area (Å²) in [5.74, 6) is -0.127. The molecule has 160 valence electrons. The molecule has 1 heterocycles. The van der Waals surface area contributed by atoms with E-state index in [9.17, 15) is 23.1 Å². The molecule has 1 N–H and O–H groups in total. The summed E-state index contributed by atoms with van der Waals surface area (Å²) in [5, 5.41) is 13.9. The van der Waals surface area contributed by atoms with E-state index in [2.05, 4.69) is 21.0 Å². The number of aliphatic hydroxyl groups is 1. The summed E-state index contributed by atoms with van der Waals surface area (Å²) in [6.07, 6.45) is -5.87. The van der Waals surface area contributed by atoms with Crippen LogP contribution in [0.1, 0.15) is 29.3 Å². The first-order chi connectivity index (χ1) is 14.0. The van der Waals surface area contributed by atoms with E-state index >= 15 is 0 Å². The van der Waals surface area contributed by atoms with Crippen LogP contribution in [0.25, 0.3) is 0 Å². The first-order valence-corrected chi connectivity index (χ1v) is 9.57. The molecule has 2 aromatic rings. The Kier molecular flexibility index (Phi) is 6.09. The number of carbonyl (C=O) groups is 1. The lowest BCUT2D eigenvalue weighted by molar-refractivity contribution is -0.297. The van der Waals surface area contributed by atoms with Crippen LogP contribution in [0.15, 0.2) is 52.0 Å². The van der Waals surface area contributed by atoms with Crippen LogP contribution in [-0.2, 0) is 6.61 Å². The van der Waals surface area contributed by atoms with Crippen molar-refractivity contribution < 1.29 is 32.5 Å². The van der Waals surface area contributed by atoms with E-state index in [0.717, 1.165) is 4.47 Å². The van der Waals surface area contributed by atoms with Crippen molar-refractivity contribution in [1.29, 1.82) is 0 Å². The molecule has 0 aliphatic carbocycles. The fourth-order valence-corrected chi connectivity index (χ4v) is 3.26. The number of carbonyl (C=O) groups excluding carboxylic acids is 1. The third-order valence-corrected chi connectivity index (χ3v) is 5.03. The molecule has 0 unspecified atom stereocenters. The van der Waals surface area contributed by atoms with Crippen molar-refractivity contribution in [1.82, 2.24) is 5.01 Å². The first kappa shape index (κ1) is 22.1. The van der Waals surface area contributed by atoms with Gasteiger partial charge in [0, 0.05) is 27.7 Å². The Morgan fingerprint density at radius 2 is 1.93 bits per heavy atom. The molecule has 0 saturated carbocycles. The first-order valence-electron chi connectivity index (χ1n) is 8.78. The van der Waals surface area contributed by atoms with Gasteiger partial charge in [-0.1, -0.05) is 15.9 Å².